The van der Waals surface area contributed by atoms with E-state index in [4.69, 9.17) is 0 Å². The lowest BCUT2D eigenvalue weighted by Crippen LogP contribution is -0.856. The maximum absolute atomic E-state index is 2.00. The topological polar surface area (TPSA) is 0 Å². The van der Waals surface area contributed by atoms with Gasteiger partial charge in [0.2, 0.25) is 0 Å². The Balaban J connectivity index is -0.00000000628. The molecule has 0 spiro atoms. The van der Waals surface area contributed by atoms with Crippen molar-refractivity contribution in [3.8, 4) is 0 Å². The van der Waals surface area contributed by atoms with Gasteiger partial charge in [-0.3, -0.25) is 0 Å². The van der Waals surface area contributed by atoms with Gasteiger partial charge in [-0.15, -0.1) is 0 Å². The molecule has 0 N–H and O–H groups in total. The molecule has 0 nitrogen and oxygen atoms in total. The van der Waals surface area contributed by atoms with Gasteiger partial charge in [-0.1, -0.05) is 194 Å². The summed E-state index contributed by atoms with van der Waals surface area (Å²) in [5.41, 5.74) is 0. The Hall–Kier alpha value is 0. The predicted octanol–water partition coefficient (Wildman–Crippen LogP) is 14.4. The SMILES string of the molecule is CC.CC.CC.CC.CC.CC.CC.CC.CC.CC.CC.CC.CC.CC. The van der Waals surface area contributed by atoms with Gasteiger partial charge in [-0.2, -0.15) is 0 Å². The van der Waals surface area contributed by atoms with Crippen LogP contribution in [0.4, 0.5) is 0 Å². The van der Waals surface area contributed by atoms with E-state index in [2.05, 4.69) is 0 Å². The Morgan fingerprint density at radius 3 is 0.0714 bits per heavy atom. The third-order valence-corrected chi connectivity index (χ3v) is 0. The van der Waals surface area contributed by atoms with Gasteiger partial charge >= 0.3 is 0 Å². The van der Waals surface area contributed by atoms with Gasteiger partial charge in [-0.25, -0.2) is 0 Å². The highest BCUT2D eigenvalue weighted by Crippen LogP contribution is 1.17. The van der Waals surface area contributed by atoms with Gasteiger partial charge in [0.15, 0.2) is 0 Å². The lowest BCUT2D eigenvalue weighted by Gasteiger charge is -1.07. The number of hydrogen-bond donors (Lipinski definition) is 0. The van der Waals surface area contributed by atoms with E-state index in [1.54, 1.807) is 0 Å². The first-order valence-electron chi connectivity index (χ1n) is 14.0. The van der Waals surface area contributed by atoms with Gasteiger partial charge in [0.05, 0.1) is 0 Å². The highest BCUT2D eigenvalue weighted by molar-refractivity contribution is 3.53. The van der Waals surface area contributed by atoms with Gasteiger partial charge in [0.1, 0.15) is 0 Å². The molecule has 0 aliphatic rings. The second kappa shape index (κ2) is 0. The zero-order chi connectivity index (χ0) is 28.0. The van der Waals surface area contributed by atoms with Crippen molar-refractivity contribution in [2.45, 2.75) is 194 Å². The summed E-state index contributed by atoms with van der Waals surface area (Å²) in [6, 6.07) is 0. The van der Waals surface area contributed by atoms with E-state index in [1.807, 2.05) is 194 Å². The fourth-order valence-corrected chi connectivity index (χ4v) is 0. The Bertz CT molecular complexity index is 0. The predicted molar refractivity (Wildman–Crippen MR) is 159 cm³/mol. The van der Waals surface area contributed by atoms with E-state index in [0.29, 0.717) is 0 Å². The van der Waals surface area contributed by atoms with Crippen LogP contribution in [0.1, 0.15) is 194 Å². The highest BCUT2D eigenvalue weighted by Gasteiger charge is 0.958. The molecule has 0 aromatic rings. The summed E-state index contributed by atoms with van der Waals surface area (Å²) in [4.78, 5) is 0. The van der Waals surface area contributed by atoms with Gasteiger partial charge in [0, 0.05) is 0 Å². The van der Waals surface area contributed by atoms with Crippen molar-refractivity contribution in [1.29, 1.82) is 0 Å². The summed E-state index contributed by atoms with van der Waals surface area (Å²) in [7, 11) is 0. The van der Waals surface area contributed by atoms with Crippen LogP contribution in [0.5, 0.6) is 0 Å². The molecule has 0 radical (unpaired) electrons. The minimum atomic E-state index is 2.00. The molecule has 0 aromatic carbocycles. The van der Waals surface area contributed by atoms with E-state index in [9.17, 15) is 0 Å². The minimum Gasteiger partial charge on any atom is -0.0683 e. The summed E-state index contributed by atoms with van der Waals surface area (Å²) in [6.07, 6.45) is 0. The van der Waals surface area contributed by atoms with Crippen LogP contribution in [0.15, 0.2) is 0 Å². The van der Waals surface area contributed by atoms with Crippen molar-refractivity contribution < 1.29 is 0 Å². The second-order valence-electron chi connectivity index (χ2n) is 0. The molecule has 0 aliphatic heterocycles. The van der Waals surface area contributed by atoms with E-state index in [1.165, 1.54) is 0 Å². The van der Waals surface area contributed by atoms with Crippen molar-refractivity contribution in [2.75, 3.05) is 0 Å². The Kier molecular flexibility index (Phi) is 0. The maximum Gasteiger partial charge on any atom is -0.0683 e. The average Bonchev–Trinajstić information content (AvgIpc) is 2.95. The molecule has 28 heavy (non-hydrogen) atoms. The molecule has 0 unspecified atom stereocenters. The van der Waals surface area contributed by atoms with Crippen LogP contribution < -0.4 is 0 Å². The quantitative estimate of drug-likeness (QED) is 0.365. The first-order chi connectivity index (χ1) is 14.0. The zero-order valence-electron chi connectivity index (χ0n) is 28.0. The first kappa shape index (κ1) is 104. The first-order valence-corrected chi connectivity index (χ1v) is 14.0. The monoisotopic (exact) mass is 421 g/mol. The fraction of sp³-hybridized carbons (Fsp3) is 1.00. The average molecular weight is 421 g/mol. The second-order valence-corrected chi connectivity index (χ2v) is 0. The van der Waals surface area contributed by atoms with Crippen LogP contribution in [-0.4, -0.2) is 0 Å². The third-order valence-electron chi connectivity index (χ3n) is 0. The molecule has 0 amide bonds. The summed E-state index contributed by atoms with van der Waals surface area (Å²) >= 11 is 0. The van der Waals surface area contributed by atoms with Crippen LogP contribution in [-0.2, 0) is 0 Å². The molecule has 0 bridgehead atoms. The molecular formula is C28H84. The van der Waals surface area contributed by atoms with Crippen LogP contribution in [0, 0.1) is 0 Å². The molecule has 0 saturated heterocycles. The Morgan fingerprint density at radius 2 is 0.0714 bits per heavy atom. The van der Waals surface area contributed by atoms with Crippen LogP contribution in [0.2, 0.25) is 0 Å². The largest absolute Gasteiger partial charge is 0.0683 e. The maximum atomic E-state index is 2.00. The molecule has 196 valence electrons. The van der Waals surface area contributed by atoms with Gasteiger partial charge < -0.3 is 0 Å². The zero-order valence-corrected chi connectivity index (χ0v) is 28.0. The molecule has 0 heteroatoms. The lowest BCUT2D eigenvalue weighted by atomic mass is 11.0. The third kappa shape index (κ3) is 0. The smallest absolute Gasteiger partial charge is 0.0683 e. The Morgan fingerprint density at radius 1 is 0.0714 bits per heavy atom. The van der Waals surface area contributed by atoms with E-state index >= 15 is 0 Å². The van der Waals surface area contributed by atoms with Crippen molar-refractivity contribution >= 4 is 0 Å². The van der Waals surface area contributed by atoms with Crippen molar-refractivity contribution in [1.82, 2.24) is 0 Å². The molecular weight excluding hydrogens is 336 g/mol. The van der Waals surface area contributed by atoms with Crippen LogP contribution in [0.3, 0.4) is 0 Å². The fourth-order valence-electron chi connectivity index (χ4n) is 0. The van der Waals surface area contributed by atoms with Gasteiger partial charge in [0.25, 0.3) is 0 Å². The molecule has 0 atom stereocenters. The highest BCUT2D eigenvalue weighted by atomic mass is 13.0. The summed E-state index contributed by atoms with van der Waals surface area (Å²) in [6.45, 7) is 56.0. The van der Waals surface area contributed by atoms with Gasteiger partial charge in [-0.05, 0) is 0 Å². The van der Waals surface area contributed by atoms with E-state index in [-0.39, 0.29) is 0 Å². The molecule has 0 aliphatic carbocycles. The number of hydrogen-bond acceptors (Lipinski definition) is 0. The van der Waals surface area contributed by atoms with Crippen molar-refractivity contribution in [2.24, 2.45) is 0 Å². The van der Waals surface area contributed by atoms with Crippen LogP contribution >= 0.6 is 0 Å². The van der Waals surface area contributed by atoms with E-state index < -0.39 is 0 Å². The van der Waals surface area contributed by atoms with Crippen LogP contribution in [0.25, 0.3) is 0 Å². The number of rotatable bonds is 0. The summed E-state index contributed by atoms with van der Waals surface area (Å²) in [5, 5.41) is 0. The summed E-state index contributed by atoms with van der Waals surface area (Å²) < 4.78 is 0. The summed E-state index contributed by atoms with van der Waals surface area (Å²) in [5.74, 6) is 0. The minimum absolute atomic E-state index is 2.00. The molecule has 0 aromatic heterocycles. The van der Waals surface area contributed by atoms with Crippen molar-refractivity contribution in [3.63, 3.8) is 0 Å². The molecule has 0 saturated carbocycles. The van der Waals surface area contributed by atoms with Crippen molar-refractivity contribution in [3.05, 3.63) is 0 Å². The molecule has 0 heterocycles. The van der Waals surface area contributed by atoms with E-state index in [0.717, 1.165) is 0 Å². The molecule has 0 fully saturated rings. The Labute approximate surface area is 194 Å². The lowest BCUT2D eigenvalue weighted by molar-refractivity contribution is 1.50. The standard InChI is InChI=1S/14C2H6/c14*1-2/h14*1-2H3. The molecule has 0 rings (SSSR count). The normalized spacial score (nSPS) is 3.00.